The Morgan fingerprint density at radius 3 is 2.61 bits per heavy atom. The van der Waals surface area contributed by atoms with Gasteiger partial charge in [-0.15, -0.1) is 0 Å². The molecule has 1 saturated heterocycles. The molecule has 0 radical (unpaired) electrons. The molecular formula is C22H36N2O4. The van der Waals surface area contributed by atoms with Crippen LogP contribution in [0.1, 0.15) is 51.9 Å². The molecule has 0 bridgehead atoms. The van der Waals surface area contributed by atoms with E-state index in [1.54, 1.807) is 0 Å². The van der Waals surface area contributed by atoms with Crippen LogP contribution in [-0.4, -0.2) is 57.1 Å². The van der Waals surface area contributed by atoms with Crippen LogP contribution in [0.4, 0.5) is 10.5 Å². The molecule has 0 unspecified atom stereocenters. The molecule has 1 fully saturated rings. The highest BCUT2D eigenvalue weighted by Gasteiger charge is 2.11. The summed E-state index contributed by atoms with van der Waals surface area (Å²) in [5, 5.41) is 2.77. The maximum absolute atomic E-state index is 12.0. The minimum Gasteiger partial charge on any atom is -0.494 e. The predicted octanol–water partition coefficient (Wildman–Crippen LogP) is 4.70. The van der Waals surface area contributed by atoms with E-state index in [1.807, 2.05) is 24.3 Å². The Morgan fingerprint density at radius 2 is 1.82 bits per heavy atom. The second kappa shape index (κ2) is 14.2. The third kappa shape index (κ3) is 9.95. The number of anilines is 1. The van der Waals surface area contributed by atoms with Crippen LogP contribution in [0.25, 0.3) is 0 Å². The van der Waals surface area contributed by atoms with Crippen molar-refractivity contribution in [2.24, 2.45) is 0 Å². The Morgan fingerprint density at radius 1 is 1.07 bits per heavy atom. The van der Waals surface area contributed by atoms with Gasteiger partial charge in [-0.3, -0.25) is 10.2 Å². The van der Waals surface area contributed by atoms with Gasteiger partial charge in [0.05, 0.1) is 19.8 Å². The Kier molecular flexibility index (Phi) is 11.4. The van der Waals surface area contributed by atoms with Crippen molar-refractivity contribution in [1.82, 2.24) is 4.90 Å². The molecular weight excluding hydrogens is 356 g/mol. The molecule has 158 valence electrons. The highest BCUT2D eigenvalue weighted by Crippen LogP contribution is 2.18. The third-order valence-corrected chi connectivity index (χ3v) is 4.84. The number of rotatable bonds is 13. The fraction of sp³-hybridized carbons (Fsp3) is 0.682. The van der Waals surface area contributed by atoms with Gasteiger partial charge in [0.1, 0.15) is 12.4 Å². The molecule has 0 atom stereocenters. The fourth-order valence-corrected chi connectivity index (χ4v) is 3.16. The van der Waals surface area contributed by atoms with E-state index in [0.29, 0.717) is 18.9 Å². The summed E-state index contributed by atoms with van der Waals surface area (Å²) < 4.78 is 16.4. The zero-order chi connectivity index (χ0) is 19.9. The van der Waals surface area contributed by atoms with Gasteiger partial charge in [0.2, 0.25) is 0 Å². The number of carbonyl (C=O) groups excluding carboxylic acids is 1. The molecule has 1 aliphatic heterocycles. The highest BCUT2D eigenvalue weighted by molar-refractivity contribution is 5.84. The number of benzene rings is 1. The van der Waals surface area contributed by atoms with Crippen molar-refractivity contribution in [3.05, 3.63) is 24.3 Å². The highest BCUT2D eigenvalue weighted by atomic mass is 16.5. The number of morpholine rings is 1. The Bertz CT molecular complexity index is 547. The van der Waals surface area contributed by atoms with Crippen LogP contribution < -0.4 is 10.1 Å². The zero-order valence-electron chi connectivity index (χ0n) is 17.3. The molecule has 0 aliphatic carbocycles. The average molecular weight is 393 g/mol. The average Bonchev–Trinajstić information content (AvgIpc) is 2.71. The quantitative estimate of drug-likeness (QED) is 0.493. The van der Waals surface area contributed by atoms with E-state index in [-0.39, 0.29) is 0 Å². The van der Waals surface area contributed by atoms with E-state index >= 15 is 0 Å². The van der Waals surface area contributed by atoms with Crippen LogP contribution in [-0.2, 0) is 9.47 Å². The maximum atomic E-state index is 12.0. The molecule has 1 N–H and O–H groups in total. The van der Waals surface area contributed by atoms with E-state index in [4.69, 9.17) is 14.2 Å². The lowest BCUT2D eigenvalue weighted by Gasteiger charge is -2.26. The molecule has 6 heteroatoms. The van der Waals surface area contributed by atoms with Crippen molar-refractivity contribution in [3.8, 4) is 5.75 Å². The van der Waals surface area contributed by atoms with Crippen molar-refractivity contribution < 1.29 is 19.0 Å². The topological polar surface area (TPSA) is 60.0 Å². The van der Waals surface area contributed by atoms with Crippen LogP contribution in [0, 0.1) is 0 Å². The molecule has 1 aromatic carbocycles. The Labute approximate surface area is 169 Å². The maximum Gasteiger partial charge on any atom is 0.411 e. The molecule has 1 heterocycles. The van der Waals surface area contributed by atoms with E-state index in [9.17, 15) is 4.79 Å². The minimum absolute atomic E-state index is 0.375. The van der Waals surface area contributed by atoms with Crippen molar-refractivity contribution in [3.63, 3.8) is 0 Å². The summed E-state index contributed by atoms with van der Waals surface area (Å²) in [5.41, 5.74) is 0.688. The van der Waals surface area contributed by atoms with Gasteiger partial charge in [0, 0.05) is 31.4 Å². The first-order chi connectivity index (χ1) is 13.8. The van der Waals surface area contributed by atoms with Gasteiger partial charge in [-0.25, -0.2) is 4.79 Å². The van der Waals surface area contributed by atoms with Crippen LogP contribution in [0.2, 0.25) is 0 Å². The van der Waals surface area contributed by atoms with Gasteiger partial charge in [0.25, 0.3) is 0 Å². The molecule has 2 rings (SSSR count). The second-order valence-electron chi connectivity index (χ2n) is 7.21. The number of unbranched alkanes of at least 4 members (excludes halogenated alkanes) is 6. The molecule has 1 aromatic rings. The molecule has 28 heavy (non-hydrogen) atoms. The molecule has 6 nitrogen and oxygen atoms in total. The third-order valence-electron chi connectivity index (χ3n) is 4.84. The van der Waals surface area contributed by atoms with E-state index in [2.05, 4.69) is 17.1 Å². The Balaban J connectivity index is 1.57. The van der Waals surface area contributed by atoms with Crippen LogP contribution >= 0.6 is 0 Å². The van der Waals surface area contributed by atoms with Gasteiger partial charge in [-0.2, -0.15) is 0 Å². The van der Waals surface area contributed by atoms with Crippen molar-refractivity contribution in [2.75, 3.05) is 51.4 Å². The standard InChI is InChI=1S/C22H36N2O4/c1-2-3-4-5-6-7-8-15-27-21-11-9-10-20(19-21)23-22(25)28-18-14-24-12-16-26-17-13-24/h9-11,19H,2-8,12-18H2,1H3,(H,23,25). The van der Waals surface area contributed by atoms with Gasteiger partial charge >= 0.3 is 6.09 Å². The largest absolute Gasteiger partial charge is 0.494 e. The van der Waals surface area contributed by atoms with Gasteiger partial charge in [0.15, 0.2) is 0 Å². The first-order valence-corrected chi connectivity index (χ1v) is 10.7. The number of ether oxygens (including phenoxy) is 3. The fourth-order valence-electron chi connectivity index (χ4n) is 3.16. The minimum atomic E-state index is -0.433. The molecule has 0 spiro atoms. The molecule has 1 amide bonds. The van der Waals surface area contributed by atoms with E-state index < -0.39 is 6.09 Å². The van der Waals surface area contributed by atoms with Crippen LogP contribution in [0.5, 0.6) is 5.75 Å². The smallest absolute Gasteiger partial charge is 0.411 e. The molecule has 0 saturated carbocycles. The normalized spacial score (nSPS) is 14.6. The first kappa shape index (κ1) is 22.5. The number of hydrogen-bond donors (Lipinski definition) is 1. The number of nitrogens with one attached hydrogen (secondary N) is 1. The van der Waals surface area contributed by atoms with Gasteiger partial charge in [-0.05, 0) is 18.6 Å². The second-order valence-corrected chi connectivity index (χ2v) is 7.21. The van der Waals surface area contributed by atoms with Crippen molar-refractivity contribution in [2.45, 2.75) is 51.9 Å². The van der Waals surface area contributed by atoms with E-state index in [1.165, 1.54) is 38.5 Å². The summed E-state index contributed by atoms with van der Waals surface area (Å²) in [4.78, 5) is 14.2. The monoisotopic (exact) mass is 392 g/mol. The first-order valence-electron chi connectivity index (χ1n) is 10.7. The summed E-state index contributed by atoms with van der Waals surface area (Å²) in [6, 6.07) is 7.47. The molecule has 1 aliphatic rings. The van der Waals surface area contributed by atoms with Gasteiger partial charge < -0.3 is 14.2 Å². The van der Waals surface area contributed by atoms with E-state index in [0.717, 1.165) is 45.0 Å². The van der Waals surface area contributed by atoms with Gasteiger partial charge in [-0.1, -0.05) is 51.5 Å². The summed E-state index contributed by atoms with van der Waals surface area (Å²) in [6.07, 6.45) is 8.40. The number of amides is 1. The Hall–Kier alpha value is -1.79. The summed E-state index contributed by atoms with van der Waals surface area (Å²) in [6.45, 7) is 7.34. The lowest BCUT2D eigenvalue weighted by molar-refractivity contribution is 0.0290. The number of hydrogen-bond acceptors (Lipinski definition) is 5. The molecule has 0 aromatic heterocycles. The summed E-state index contributed by atoms with van der Waals surface area (Å²) in [7, 11) is 0. The SMILES string of the molecule is CCCCCCCCCOc1cccc(NC(=O)OCCN2CCOCC2)c1. The number of nitrogens with zero attached hydrogens (tertiary/aromatic N) is 1. The lowest BCUT2D eigenvalue weighted by atomic mass is 10.1. The van der Waals surface area contributed by atoms with Crippen LogP contribution in [0.15, 0.2) is 24.3 Å². The van der Waals surface area contributed by atoms with Crippen LogP contribution in [0.3, 0.4) is 0 Å². The predicted molar refractivity (Wildman–Crippen MR) is 112 cm³/mol. The summed E-state index contributed by atoms with van der Waals surface area (Å²) >= 11 is 0. The number of carbonyl (C=O) groups is 1. The van der Waals surface area contributed by atoms with Crippen molar-refractivity contribution >= 4 is 11.8 Å². The van der Waals surface area contributed by atoms with Crippen molar-refractivity contribution in [1.29, 1.82) is 0 Å². The zero-order valence-corrected chi connectivity index (χ0v) is 17.3. The lowest BCUT2D eigenvalue weighted by Crippen LogP contribution is -2.38. The summed E-state index contributed by atoms with van der Waals surface area (Å²) in [5.74, 6) is 0.775.